The zero-order valence-corrected chi connectivity index (χ0v) is 16.3. The van der Waals surface area contributed by atoms with Gasteiger partial charge in [0.05, 0.1) is 0 Å². The van der Waals surface area contributed by atoms with Crippen molar-refractivity contribution in [3.63, 3.8) is 0 Å². The highest BCUT2D eigenvalue weighted by Crippen LogP contribution is 2.40. The molecule has 0 bridgehead atoms. The molecule has 134 valence electrons. The van der Waals surface area contributed by atoms with E-state index in [1.165, 1.54) is 6.07 Å². The monoisotopic (exact) mass is 351 g/mol. The lowest BCUT2D eigenvalue weighted by Gasteiger charge is -2.41. The summed E-state index contributed by atoms with van der Waals surface area (Å²) in [5, 5.41) is 9.30. The van der Waals surface area contributed by atoms with Gasteiger partial charge in [-0.05, 0) is 55.9 Å². The fraction of sp³-hybridized carbons (Fsp3) is 0.667. The quantitative estimate of drug-likeness (QED) is 0.831. The molecule has 1 heterocycles. The normalized spacial score (nSPS) is 22.4. The summed E-state index contributed by atoms with van der Waals surface area (Å²) < 4.78 is 8.11. The number of pyridine rings is 1. The lowest BCUT2D eigenvalue weighted by atomic mass is 9.92. The first-order valence-corrected chi connectivity index (χ1v) is 11.6. The Kier molecular flexibility index (Phi) is 5.40. The summed E-state index contributed by atoms with van der Waals surface area (Å²) in [6, 6.07) is 3.02. The van der Waals surface area contributed by atoms with E-state index in [9.17, 15) is 9.59 Å². The fourth-order valence-electron chi connectivity index (χ4n) is 3.03. The van der Waals surface area contributed by atoms with Gasteiger partial charge in [-0.1, -0.05) is 20.8 Å². The zero-order valence-electron chi connectivity index (χ0n) is 15.3. The first-order chi connectivity index (χ1) is 11.0. The Balaban J connectivity index is 2.19. The van der Waals surface area contributed by atoms with E-state index in [0.717, 1.165) is 25.7 Å². The van der Waals surface area contributed by atoms with Crippen LogP contribution in [0.1, 0.15) is 62.9 Å². The van der Waals surface area contributed by atoms with Crippen molar-refractivity contribution < 1.29 is 14.3 Å². The summed E-state index contributed by atoms with van der Waals surface area (Å²) in [6.07, 6.45) is 5.51. The van der Waals surface area contributed by atoms with Crippen molar-refractivity contribution in [1.29, 1.82) is 0 Å². The van der Waals surface area contributed by atoms with Crippen LogP contribution >= 0.6 is 0 Å². The average Bonchev–Trinajstić information content (AvgIpc) is 2.45. The van der Waals surface area contributed by atoms with Gasteiger partial charge in [-0.2, -0.15) is 0 Å². The summed E-state index contributed by atoms with van der Waals surface area (Å²) in [4.78, 5) is 23.6. The summed E-state index contributed by atoms with van der Waals surface area (Å²) in [7, 11) is -1.85. The number of carboxylic acids is 1. The standard InChI is InChI=1S/C18H29NO4Si/c1-18(2,3)24(4,5)23-14-9-6-8-13(12-14)19-11-7-10-15(16(19)20)17(21)22/h7,10-11,13-14H,6,8-9,12H2,1-5H3,(H,21,22)/t13-,14?/m0/s1. The van der Waals surface area contributed by atoms with Crippen molar-refractivity contribution >= 4 is 14.3 Å². The molecule has 6 heteroatoms. The van der Waals surface area contributed by atoms with Crippen molar-refractivity contribution in [2.24, 2.45) is 0 Å². The van der Waals surface area contributed by atoms with Gasteiger partial charge in [0.2, 0.25) is 0 Å². The van der Waals surface area contributed by atoms with E-state index in [0.29, 0.717) is 0 Å². The van der Waals surface area contributed by atoms with E-state index >= 15 is 0 Å². The maximum Gasteiger partial charge on any atom is 0.341 e. The molecule has 2 atom stereocenters. The number of rotatable bonds is 4. The maximum absolute atomic E-state index is 12.4. The third-order valence-corrected chi connectivity index (χ3v) is 10.00. The SMILES string of the molecule is CC(C)(C)[Si](C)(C)OC1CCC[C@H](n2cccc(C(=O)O)c2=O)C1. The largest absolute Gasteiger partial charge is 0.477 e. The smallest absolute Gasteiger partial charge is 0.341 e. The molecule has 0 aliphatic heterocycles. The van der Waals surface area contributed by atoms with Crippen molar-refractivity contribution in [1.82, 2.24) is 4.57 Å². The van der Waals surface area contributed by atoms with Gasteiger partial charge in [0.15, 0.2) is 8.32 Å². The molecule has 2 rings (SSSR count). The van der Waals surface area contributed by atoms with Gasteiger partial charge in [-0.25, -0.2) is 4.79 Å². The van der Waals surface area contributed by atoms with Crippen LogP contribution in [0.5, 0.6) is 0 Å². The van der Waals surface area contributed by atoms with E-state index in [2.05, 4.69) is 33.9 Å². The number of carboxylic acid groups (broad SMARTS) is 1. The Morgan fingerprint density at radius 2 is 2.00 bits per heavy atom. The Hall–Kier alpha value is -1.40. The minimum absolute atomic E-state index is 0.0142. The molecule has 1 aromatic heterocycles. The van der Waals surface area contributed by atoms with E-state index in [1.54, 1.807) is 16.8 Å². The van der Waals surface area contributed by atoms with Gasteiger partial charge in [0.1, 0.15) is 5.56 Å². The lowest BCUT2D eigenvalue weighted by molar-refractivity contribution is 0.0693. The van der Waals surface area contributed by atoms with Crippen LogP contribution in [0.25, 0.3) is 0 Å². The number of aromatic carboxylic acids is 1. The fourth-order valence-corrected chi connectivity index (χ4v) is 4.43. The predicted octanol–water partition coefficient (Wildman–Crippen LogP) is 4.05. The average molecular weight is 352 g/mol. The molecule has 0 saturated heterocycles. The number of hydrogen-bond acceptors (Lipinski definition) is 3. The molecule has 1 fully saturated rings. The molecular weight excluding hydrogens is 322 g/mol. The summed E-state index contributed by atoms with van der Waals surface area (Å²) in [6.45, 7) is 11.2. The molecule has 0 amide bonds. The van der Waals surface area contributed by atoms with Crippen molar-refractivity contribution in [2.45, 2.75) is 76.7 Å². The second-order valence-electron chi connectivity index (χ2n) is 8.26. The summed E-state index contributed by atoms with van der Waals surface area (Å²) in [5.41, 5.74) is -0.576. The zero-order chi connectivity index (χ0) is 18.1. The highest BCUT2D eigenvalue weighted by atomic mass is 28.4. The van der Waals surface area contributed by atoms with Crippen LogP contribution in [0.15, 0.2) is 23.1 Å². The molecule has 1 aliphatic rings. The maximum atomic E-state index is 12.4. The molecule has 1 saturated carbocycles. The van der Waals surface area contributed by atoms with Crippen molar-refractivity contribution in [3.05, 3.63) is 34.2 Å². The van der Waals surface area contributed by atoms with Gasteiger partial charge in [-0.3, -0.25) is 4.79 Å². The van der Waals surface area contributed by atoms with Crippen LogP contribution in [0.2, 0.25) is 18.1 Å². The molecule has 5 nitrogen and oxygen atoms in total. The van der Waals surface area contributed by atoms with E-state index in [4.69, 9.17) is 9.53 Å². The molecule has 1 aromatic rings. The van der Waals surface area contributed by atoms with E-state index in [1.807, 2.05) is 0 Å². The first-order valence-electron chi connectivity index (χ1n) is 8.65. The first kappa shape index (κ1) is 18.9. The highest BCUT2D eigenvalue weighted by Gasteiger charge is 2.40. The van der Waals surface area contributed by atoms with Gasteiger partial charge in [-0.15, -0.1) is 0 Å². The minimum Gasteiger partial charge on any atom is -0.477 e. The molecular formula is C18H29NO4Si. The van der Waals surface area contributed by atoms with Gasteiger partial charge >= 0.3 is 5.97 Å². The molecule has 0 radical (unpaired) electrons. The molecule has 1 N–H and O–H groups in total. The third kappa shape index (κ3) is 3.98. The number of aromatic nitrogens is 1. The molecule has 1 unspecified atom stereocenters. The number of carbonyl (C=O) groups is 1. The van der Waals surface area contributed by atoms with Crippen molar-refractivity contribution in [2.75, 3.05) is 0 Å². The Morgan fingerprint density at radius 3 is 2.58 bits per heavy atom. The van der Waals surface area contributed by atoms with Crippen LogP contribution in [0.3, 0.4) is 0 Å². The second kappa shape index (κ2) is 6.84. The number of hydrogen-bond donors (Lipinski definition) is 1. The molecule has 1 aliphatic carbocycles. The molecule has 24 heavy (non-hydrogen) atoms. The van der Waals surface area contributed by atoms with Crippen LogP contribution in [0, 0.1) is 0 Å². The van der Waals surface area contributed by atoms with Crippen LogP contribution in [-0.2, 0) is 4.43 Å². The highest BCUT2D eigenvalue weighted by molar-refractivity contribution is 6.74. The minimum atomic E-state index is -1.85. The summed E-state index contributed by atoms with van der Waals surface area (Å²) >= 11 is 0. The van der Waals surface area contributed by atoms with E-state index in [-0.39, 0.29) is 22.7 Å². The molecule has 0 spiro atoms. The predicted molar refractivity (Wildman–Crippen MR) is 97.2 cm³/mol. The topological polar surface area (TPSA) is 68.5 Å². The van der Waals surface area contributed by atoms with Crippen LogP contribution in [0.4, 0.5) is 0 Å². The Labute approximate surface area is 144 Å². The Morgan fingerprint density at radius 1 is 1.33 bits per heavy atom. The number of nitrogens with zero attached hydrogens (tertiary/aromatic N) is 1. The van der Waals surface area contributed by atoms with Gasteiger partial charge in [0, 0.05) is 18.3 Å². The van der Waals surface area contributed by atoms with Gasteiger partial charge < -0.3 is 14.1 Å². The third-order valence-electron chi connectivity index (χ3n) is 5.46. The van der Waals surface area contributed by atoms with Crippen molar-refractivity contribution in [3.8, 4) is 0 Å². The lowest BCUT2D eigenvalue weighted by Crippen LogP contribution is -2.45. The molecule has 0 aromatic carbocycles. The van der Waals surface area contributed by atoms with Crippen LogP contribution < -0.4 is 5.56 Å². The summed E-state index contributed by atoms with van der Waals surface area (Å²) in [5.74, 6) is -1.17. The second-order valence-corrected chi connectivity index (χ2v) is 13.0. The van der Waals surface area contributed by atoms with Crippen LogP contribution in [-0.4, -0.2) is 30.1 Å². The Bertz CT molecular complexity index is 660. The van der Waals surface area contributed by atoms with Gasteiger partial charge in [0.25, 0.3) is 5.56 Å². The van der Waals surface area contributed by atoms with E-state index < -0.39 is 19.8 Å².